The van der Waals surface area contributed by atoms with Crippen molar-refractivity contribution in [1.82, 2.24) is 0 Å². The molecule has 2 rings (SSSR count). The Bertz CT molecular complexity index is 528. The molecule has 0 saturated heterocycles. The van der Waals surface area contributed by atoms with Crippen molar-refractivity contribution >= 4 is 15.9 Å². The number of hydrogen-bond acceptors (Lipinski definition) is 1. The van der Waals surface area contributed by atoms with Crippen molar-refractivity contribution in [3.63, 3.8) is 0 Å². The lowest BCUT2D eigenvalue weighted by atomic mass is 10.0. The number of aliphatic hydroxyl groups excluding tert-OH is 1. The highest BCUT2D eigenvalue weighted by Crippen LogP contribution is 2.21. The van der Waals surface area contributed by atoms with Crippen molar-refractivity contribution < 1.29 is 9.50 Å². The summed E-state index contributed by atoms with van der Waals surface area (Å²) in [5.74, 6) is -0.243. The van der Waals surface area contributed by atoms with E-state index in [1.165, 1.54) is 6.07 Å². The topological polar surface area (TPSA) is 20.2 Å². The van der Waals surface area contributed by atoms with Crippen molar-refractivity contribution in [2.75, 3.05) is 0 Å². The van der Waals surface area contributed by atoms with Crippen molar-refractivity contribution in [1.29, 1.82) is 0 Å². The van der Waals surface area contributed by atoms with Gasteiger partial charge in [0.05, 0.1) is 10.6 Å². The summed E-state index contributed by atoms with van der Waals surface area (Å²) in [5.41, 5.74) is 2.02. The van der Waals surface area contributed by atoms with Gasteiger partial charge >= 0.3 is 0 Å². The summed E-state index contributed by atoms with van der Waals surface area (Å²) in [4.78, 5) is 0. The molecule has 0 aliphatic rings. The van der Waals surface area contributed by atoms with Gasteiger partial charge in [-0.15, -0.1) is 0 Å². The number of halogens is 2. The van der Waals surface area contributed by atoms with E-state index in [4.69, 9.17) is 0 Å². The zero-order valence-electron chi connectivity index (χ0n) is 10.5. The van der Waals surface area contributed by atoms with Crippen molar-refractivity contribution in [3.8, 4) is 0 Å². The Kier molecular flexibility index (Phi) is 5.11. The molecule has 0 aliphatic carbocycles. The average molecular weight is 323 g/mol. The van der Waals surface area contributed by atoms with Crippen molar-refractivity contribution in [3.05, 3.63) is 69.9 Å². The van der Waals surface area contributed by atoms with Gasteiger partial charge in [-0.1, -0.05) is 36.4 Å². The average Bonchev–Trinajstić information content (AvgIpc) is 2.43. The summed E-state index contributed by atoms with van der Waals surface area (Å²) < 4.78 is 13.6. The second kappa shape index (κ2) is 6.83. The third-order valence-electron chi connectivity index (χ3n) is 3.11. The third kappa shape index (κ3) is 4.15. The zero-order valence-corrected chi connectivity index (χ0v) is 12.1. The van der Waals surface area contributed by atoms with Gasteiger partial charge in [-0.25, -0.2) is 4.39 Å². The van der Waals surface area contributed by atoms with Crippen LogP contribution in [0, 0.1) is 5.82 Å². The van der Waals surface area contributed by atoms with Crippen molar-refractivity contribution in [2.24, 2.45) is 0 Å². The largest absolute Gasteiger partial charge is 0.388 e. The monoisotopic (exact) mass is 322 g/mol. The smallest absolute Gasteiger partial charge is 0.137 e. The molecule has 2 aromatic rings. The van der Waals surface area contributed by atoms with E-state index in [-0.39, 0.29) is 5.82 Å². The molecule has 3 heteroatoms. The summed E-state index contributed by atoms with van der Waals surface area (Å²) in [5, 5.41) is 10.0. The van der Waals surface area contributed by atoms with Gasteiger partial charge in [0.2, 0.25) is 0 Å². The number of benzene rings is 2. The van der Waals surface area contributed by atoms with E-state index in [1.54, 1.807) is 12.1 Å². The molecule has 0 fully saturated rings. The molecule has 0 heterocycles. The Balaban J connectivity index is 1.85. The van der Waals surface area contributed by atoms with E-state index in [9.17, 15) is 9.50 Å². The predicted octanol–water partition coefficient (Wildman–Crippen LogP) is 4.64. The number of hydrogen-bond donors (Lipinski definition) is 1. The summed E-state index contributed by atoms with van der Waals surface area (Å²) in [7, 11) is 0. The van der Waals surface area contributed by atoms with Crippen molar-refractivity contribution in [2.45, 2.75) is 25.4 Å². The molecule has 100 valence electrons. The molecule has 1 atom stereocenters. The molecule has 2 aromatic carbocycles. The van der Waals surface area contributed by atoms with Gasteiger partial charge < -0.3 is 5.11 Å². The lowest BCUT2D eigenvalue weighted by molar-refractivity contribution is 0.164. The van der Waals surface area contributed by atoms with Gasteiger partial charge in [-0.3, -0.25) is 0 Å². The molecule has 0 saturated carbocycles. The Morgan fingerprint density at radius 1 is 1.11 bits per heavy atom. The van der Waals surface area contributed by atoms with Gasteiger partial charge in [0, 0.05) is 0 Å². The highest BCUT2D eigenvalue weighted by molar-refractivity contribution is 9.10. The summed E-state index contributed by atoms with van der Waals surface area (Å²) >= 11 is 3.18. The Morgan fingerprint density at radius 2 is 1.84 bits per heavy atom. The van der Waals surface area contributed by atoms with Crippen LogP contribution in [0.4, 0.5) is 4.39 Å². The van der Waals surface area contributed by atoms with Gasteiger partial charge in [0.1, 0.15) is 5.82 Å². The molecular weight excluding hydrogens is 307 g/mol. The van der Waals surface area contributed by atoms with E-state index < -0.39 is 6.10 Å². The quantitative estimate of drug-likeness (QED) is 0.849. The maximum absolute atomic E-state index is 13.1. The Morgan fingerprint density at radius 3 is 2.53 bits per heavy atom. The Hall–Kier alpha value is -1.19. The molecule has 1 N–H and O–H groups in total. The summed E-state index contributed by atoms with van der Waals surface area (Å²) in [6, 6.07) is 14.7. The van der Waals surface area contributed by atoms with Crippen LogP contribution in [0.5, 0.6) is 0 Å². The normalized spacial score (nSPS) is 12.4. The summed E-state index contributed by atoms with van der Waals surface area (Å²) in [6.45, 7) is 0. The number of aliphatic hydroxyl groups is 1. The summed E-state index contributed by atoms with van der Waals surface area (Å²) in [6.07, 6.45) is 1.99. The predicted molar refractivity (Wildman–Crippen MR) is 78.4 cm³/mol. The maximum Gasteiger partial charge on any atom is 0.137 e. The van der Waals surface area contributed by atoms with Crippen LogP contribution >= 0.6 is 15.9 Å². The Labute approximate surface area is 121 Å². The standard InChI is InChI=1S/C16H16BrFO/c17-14-11-12(9-10-15(14)18)5-4-8-16(19)13-6-2-1-3-7-13/h1-3,6-7,9-11,16,19H,4-5,8H2. The molecule has 0 aromatic heterocycles. The lowest BCUT2D eigenvalue weighted by Gasteiger charge is -2.10. The van der Waals surface area contributed by atoms with E-state index in [0.29, 0.717) is 10.9 Å². The second-order valence-corrected chi connectivity index (χ2v) is 5.42. The fraction of sp³-hybridized carbons (Fsp3) is 0.250. The highest BCUT2D eigenvalue weighted by Gasteiger charge is 2.07. The van der Waals surface area contributed by atoms with Gasteiger partial charge in [0.25, 0.3) is 0 Å². The molecule has 0 aliphatic heterocycles. The first-order valence-electron chi connectivity index (χ1n) is 6.34. The molecule has 0 amide bonds. The molecule has 19 heavy (non-hydrogen) atoms. The van der Waals surface area contributed by atoms with E-state index >= 15 is 0 Å². The van der Waals surface area contributed by atoms with Crippen LogP contribution in [-0.2, 0) is 6.42 Å². The molecule has 0 bridgehead atoms. The second-order valence-electron chi connectivity index (χ2n) is 4.57. The fourth-order valence-corrected chi connectivity index (χ4v) is 2.46. The van der Waals surface area contributed by atoms with Crippen LogP contribution in [0.2, 0.25) is 0 Å². The van der Waals surface area contributed by atoms with Crippen LogP contribution in [0.15, 0.2) is 53.0 Å². The van der Waals surface area contributed by atoms with E-state index in [0.717, 1.165) is 24.0 Å². The highest BCUT2D eigenvalue weighted by atomic mass is 79.9. The van der Waals surface area contributed by atoms with Crippen LogP contribution in [0.1, 0.15) is 30.1 Å². The van der Waals surface area contributed by atoms with Crippen LogP contribution in [0.3, 0.4) is 0 Å². The van der Waals surface area contributed by atoms with Gasteiger partial charge in [0.15, 0.2) is 0 Å². The number of aryl methyl sites for hydroxylation is 1. The molecule has 1 nitrogen and oxygen atoms in total. The molecule has 0 spiro atoms. The van der Waals surface area contributed by atoms with Gasteiger partial charge in [-0.05, 0) is 58.5 Å². The van der Waals surface area contributed by atoms with E-state index in [1.807, 2.05) is 30.3 Å². The SMILES string of the molecule is OC(CCCc1ccc(F)c(Br)c1)c1ccccc1. The van der Waals surface area contributed by atoms with Crippen LogP contribution in [-0.4, -0.2) is 5.11 Å². The minimum Gasteiger partial charge on any atom is -0.388 e. The minimum atomic E-state index is -0.426. The first kappa shape index (κ1) is 14.2. The fourth-order valence-electron chi connectivity index (χ4n) is 2.04. The molecule has 1 unspecified atom stereocenters. The lowest BCUT2D eigenvalue weighted by Crippen LogP contribution is -1.98. The first-order chi connectivity index (χ1) is 9.16. The van der Waals surface area contributed by atoms with Crippen LogP contribution < -0.4 is 0 Å². The van der Waals surface area contributed by atoms with Crippen LogP contribution in [0.25, 0.3) is 0 Å². The third-order valence-corrected chi connectivity index (χ3v) is 3.72. The zero-order chi connectivity index (χ0) is 13.7. The molecular formula is C16H16BrFO. The molecule has 0 radical (unpaired) electrons. The van der Waals surface area contributed by atoms with Gasteiger partial charge in [-0.2, -0.15) is 0 Å². The number of rotatable bonds is 5. The minimum absolute atomic E-state index is 0.243. The van der Waals surface area contributed by atoms with E-state index in [2.05, 4.69) is 15.9 Å². The first-order valence-corrected chi connectivity index (χ1v) is 7.13. The maximum atomic E-state index is 13.1.